The largest absolute Gasteiger partial charge is 0.350 e. The lowest BCUT2D eigenvalue weighted by molar-refractivity contribution is -0.126. The summed E-state index contributed by atoms with van der Waals surface area (Å²) in [5.41, 5.74) is 1.57. The molecule has 9 saturated carbocycles. The minimum Gasteiger partial charge on any atom is -0.350 e. The van der Waals surface area contributed by atoms with Crippen molar-refractivity contribution in [1.82, 2.24) is 9.88 Å². The number of nitrogens with one attached hydrogen (secondary N) is 1. The van der Waals surface area contributed by atoms with Gasteiger partial charge >= 0.3 is 0 Å². The lowest BCUT2D eigenvalue weighted by Crippen LogP contribution is -2.60. The van der Waals surface area contributed by atoms with Crippen molar-refractivity contribution in [1.29, 1.82) is 0 Å². The van der Waals surface area contributed by atoms with Gasteiger partial charge in [-0.15, -0.1) is 23.7 Å². The average molecular weight is 502 g/mol. The molecule has 10 rings (SSSR count). The zero-order chi connectivity index (χ0) is 21.8. The molecule has 1 aromatic rings. The van der Waals surface area contributed by atoms with Crippen molar-refractivity contribution in [2.24, 2.45) is 40.5 Å². The Hall–Kier alpha value is -0.810. The van der Waals surface area contributed by atoms with E-state index in [0.717, 1.165) is 35.5 Å². The number of amides is 1. The van der Waals surface area contributed by atoms with Gasteiger partial charge in [-0.25, -0.2) is 0 Å². The van der Waals surface area contributed by atoms with Crippen LogP contribution in [0.3, 0.4) is 0 Å². The number of halogens is 1. The van der Waals surface area contributed by atoms with Crippen LogP contribution in [-0.2, 0) is 11.2 Å². The summed E-state index contributed by atoms with van der Waals surface area (Å²) in [5.74, 6) is 5.68. The van der Waals surface area contributed by atoms with Crippen LogP contribution >= 0.6 is 23.7 Å². The van der Waals surface area contributed by atoms with E-state index in [1.165, 1.54) is 100 Å². The number of nitrogens with zero attached hydrogens (tertiary/aromatic N) is 2. The van der Waals surface area contributed by atoms with Crippen LogP contribution in [0.2, 0.25) is 0 Å². The van der Waals surface area contributed by atoms with Crippen molar-refractivity contribution < 1.29 is 4.79 Å². The summed E-state index contributed by atoms with van der Waals surface area (Å²) in [6.45, 7) is 0. The van der Waals surface area contributed by atoms with E-state index in [1.807, 2.05) is 11.3 Å². The summed E-state index contributed by atoms with van der Waals surface area (Å²) in [6.07, 6.45) is 19.4. The molecule has 1 heterocycles. The molecule has 9 aliphatic carbocycles. The maximum absolute atomic E-state index is 13.4. The van der Waals surface area contributed by atoms with Gasteiger partial charge in [0, 0.05) is 22.7 Å². The fraction of sp³-hybridized carbons (Fsp3) is 0.857. The molecule has 186 valence electrons. The van der Waals surface area contributed by atoms with Gasteiger partial charge in [0.1, 0.15) is 0 Å². The van der Waals surface area contributed by atoms with E-state index in [0.29, 0.717) is 12.5 Å². The Labute approximate surface area is 213 Å². The number of carbonyl (C=O) groups excluding carboxylic acids is 1. The Morgan fingerprint density at radius 1 is 0.882 bits per heavy atom. The molecule has 9 aliphatic rings. The smallest absolute Gasteiger partial charge is 0.226 e. The highest BCUT2D eigenvalue weighted by molar-refractivity contribution is 7.07. The third-order valence-electron chi connectivity index (χ3n) is 10.9. The first-order valence-corrected chi connectivity index (χ1v) is 15.0. The van der Waals surface area contributed by atoms with E-state index in [2.05, 4.69) is 15.3 Å². The first-order chi connectivity index (χ1) is 16.0. The molecule has 0 atom stereocenters. The molecule has 0 spiro atoms. The van der Waals surface area contributed by atoms with Crippen LogP contribution in [0, 0.1) is 35.5 Å². The van der Waals surface area contributed by atoms with Gasteiger partial charge in [-0.2, -0.15) is 0 Å². The third-order valence-corrected chi connectivity index (χ3v) is 11.7. The first-order valence-electron chi connectivity index (χ1n) is 14.1. The summed E-state index contributed by atoms with van der Waals surface area (Å²) in [4.78, 5) is 20.2. The lowest BCUT2D eigenvalue weighted by Gasteiger charge is -2.56. The predicted molar refractivity (Wildman–Crippen MR) is 137 cm³/mol. The van der Waals surface area contributed by atoms with Crippen molar-refractivity contribution in [2.75, 3.05) is 0 Å². The third kappa shape index (κ3) is 3.74. The van der Waals surface area contributed by atoms with Crippen molar-refractivity contribution in [3.63, 3.8) is 0 Å². The second-order valence-corrected chi connectivity index (χ2v) is 14.6. The standard InChI is InChI=1S/C28H39N3OS.ClH/c32-25(29-27-10-17-3-18(11-27)5-19(4-17)12-27)9-24-16-33-26(31(24)23-1-2-23)30-28-13-20-6-21(14-28)8-22(7-20)15-28;/h16-23H,1-15H2,(H,29,32);1H. The molecule has 0 unspecified atom stereocenters. The molecule has 0 saturated heterocycles. The summed E-state index contributed by atoms with van der Waals surface area (Å²) < 4.78 is 2.50. The van der Waals surface area contributed by atoms with Crippen LogP contribution < -0.4 is 10.1 Å². The molecular formula is C28H40ClN3OS. The topological polar surface area (TPSA) is 46.4 Å². The molecule has 34 heavy (non-hydrogen) atoms. The zero-order valence-electron chi connectivity index (χ0n) is 20.3. The zero-order valence-corrected chi connectivity index (χ0v) is 22.0. The SMILES string of the molecule is Cl.O=C(Cc1csc(=NC23CC4CC(CC(C4)C2)C3)n1C1CC1)NC12CC3CC(CC(C3)C1)C2. The highest BCUT2D eigenvalue weighted by Gasteiger charge is 2.52. The van der Waals surface area contributed by atoms with Crippen LogP contribution in [0.5, 0.6) is 0 Å². The van der Waals surface area contributed by atoms with Gasteiger partial charge in [0.2, 0.25) is 5.91 Å². The second-order valence-electron chi connectivity index (χ2n) is 13.8. The van der Waals surface area contributed by atoms with Gasteiger partial charge in [0.05, 0.1) is 12.0 Å². The maximum atomic E-state index is 13.4. The van der Waals surface area contributed by atoms with E-state index < -0.39 is 0 Å². The fourth-order valence-corrected chi connectivity index (χ4v) is 11.5. The maximum Gasteiger partial charge on any atom is 0.226 e. The summed E-state index contributed by atoms with van der Waals surface area (Å²) in [7, 11) is 0. The van der Waals surface area contributed by atoms with Gasteiger partial charge in [0.15, 0.2) is 4.80 Å². The molecule has 1 N–H and O–H groups in total. The number of thiazole rings is 1. The van der Waals surface area contributed by atoms with Crippen molar-refractivity contribution >= 4 is 29.7 Å². The molecule has 0 radical (unpaired) electrons. The van der Waals surface area contributed by atoms with Crippen molar-refractivity contribution in [3.05, 3.63) is 15.9 Å². The van der Waals surface area contributed by atoms with Crippen LogP contribution in [-0.4, -0.2) is 21.6 Å². The fourth-order valence-electron chi connectivity index (χ4n) is 10.5. The molecule has 8 bridgehead atoms. The quantitative estimate of drug-likeness (QED) is 0.544. The molecular weight excluding hydrogens is 462 g/mol. The van der Waals surface area contributed by atoms with E-state index in [1.54, 1.807) is 0 Å². The Bertz CT molecular complexity index is 982. The van der Waals surface area contributed by atoms with Crippen LogP contribution in [0.25, 0.3) is 0 Å². The van der Waals surface area contributed by atoms with Crippen molar-refractivity contribution in [2.45, 2.75) is 113 Å². The predicted octanol–water partition coefficient (Wildman–Crippen LogP) is 5.80. The molecule has 4 nitrogen and oxygen atoms in total. The highest BCUT2D eigenvalue weighted by Crippen LogP contribution is 2.57. The number of rotatable bonds is 5. The average Bonchev–Trinajstić information content (AvgIpc) is 3.47. The monoisotopic (exact) mass is 501 g/mol. The Morgan fingerprint density at radius 3 is 1.88 bits per heavy atom. The normalized spacial score (nSPS) is 46.1. The van der Waals surface area contributed by atoms with Crippen LogP contribution in [0.1, 0.15) is 102 Å². The molecule has 9 fully saturated rings. The molecule has 6 heteroatoms. The molecule has 1 aromatic heterocycles. The Balaban J connectivity index is 0.00000200. The number of carbonyl (C=O) groups is 1. The van der Waals surface area contributed by atoms with Gasteiger partial charge in [-0.05, 0) is 125 Å². The Morgan fingerprint density at radius 2 is 1.38 bits per heavy atom. The van der Waals surface area contributed by atoms with Gasteiger partial charge in [-0.3, -0.25) is 9.79 Å². The summed E-state index contributed by atoms with van der Waals surface area (Å²) >= 11 is 1.82. The number of hydrogen-bond acceptors (Lipinski definition) is 3. The number of aromatic nitrogens is 1. The Kier molecular flexibility index (Phi) is 5.17. The van der Waals surface area contributed by atoms with Gasteiger partial charge in [0.25, 0.3) is 0 Å². The summed E-state index contributed by atoms with van der Waals surface area (Å²) in [6, 6.07) is 0.589. The van der Waals surface area contributed by atoms with Crippen LogP contribution in [0.4, 0.5) is 0 Å². The van der Waals surface area contributed by atoms with E-state index >= 15 is 0 Å². The minimum absolute atomic E-state index is 0. The van der Waals surface area contributed by atoms with E-state index in [9.17, 15) is 4.79 Å². The first kappa shape index (κ1) is 22.4. The van der Waals surface area contributed by atoms with Gasteiger partial charge < -0.3 is 9.88 Å². The second kappa shape index (κ2) is 7.84. The van der Waals surface area contributed by atoms with Crippen LogP contribution in [0.15, 0.2) is 10.4 Å². The number of hydrogen-bond donors (Lipinski definition) is 1. The highest BCUT2D eigenvalue weighted by atomic mass is 35.5. The van der Waals surface area contributed by atoms with E-state index in [-0.39, 0.29) is 29.4 Å². The van der Waals surface area contributed by atoms with Crippen molar-refractivity contribution in [3.8, 4) is 0 Å². The van der Waals surface area contributed by atoms with E-state index in [4.69, 9.17) is 4.99 Å². The molecule has 0 aliphatic heterocycles. The lowest BCUT2D eigenvalue weighted by atomic mass is 9.53. The summed E-state index contributed by atoms with van der Waals surface area (Å²) in [5, 5.41) is 5.89. The molecule has 0 aromatic carbocycles. The minimum atomic E-state index is 0. The molecule has 1 amide bonds. The van der Waals surface area contributed by atoms with Gasteiger partial charge in [-0.1, -0.05) is 0 Å².